The minimum atomic E-state index is -1.18. The maximum absolute atomic E-state index is 13.6. The highest BCUT2D eigenvalue weighted by Gasteiger charge is 2.59. The van der Waals surface area contributed by atoms with E-state index in [1.807, 2.05) is 0 Å². The molecule has 0 spiro atoms. The Morgan fingerprint density at radius 3 is 2.67 bits per heavy atom. The fourth-order valence-corrected chi connectivity index (χ4v) is 5.79. The largest absolute Gasteiger partial charge is 0.490 e. The molecule has 2 aromatic carbocycles. The molecule has 0 unspecified atom stereocenters. The molecule has 0 radical (unpaired) electrons. The van der Waals surface area contributed by atoms with Gasteiger partial charge in [-0.05, 0) is 31.2 Å². The Hall–Kier alpha value is -3.79. The highest BCUT2D eigenvalue weighted by molar-refractivity contribution is 8.04. The van der Waals surface area contributed by atoms with E-state index in [1.165, 1.54) is 24.3 Å². The average molecular weight is 466 g/mol. The van der Waals surface area contributed by atoms with Gasteiger partial charge in [0, 0.05) is 11.5 Å². The molecule has 9 nitrogen and oxygen atoms in total. The monoisotopic (exact) mass is 466 g/mol. The van der Waals surface area contributed by atoms with Crippen LogP contribution in [0.3, 0.4) is 0 Å². The lowest BCUT2D eigenvalue weighted by atomic mass is 9.77. The van der Waals surface area contributed by atoms with Crippen molar-refractivity contribution in [3.63, 3.8) is 0 Å². The highest BCUT2D eigenvalue weighted by atomic mass is 32.2. The number of benzene rings is 2. The second-order valence-corrected chi connectivity index (χ2v) is 8.87. The van der Waals surface area contributed by atoms with Crippen LogP contribution in [0.4, 0.5) is 5.69 Å². The molecule has 33 heavy (non-hydrogen) atoms. The van der Waals surface area contributed by atoms with Gasteiger partial charge in [-0.1, -0.05) is 30.0 Å². The van der Waals surface area contributed by atoms with Crippen molar-refractivity contribution in [2.75, 3.05) is 11.5 Å². The van der Waals surface area contributed by atoms with E-state index in [0.717, 1.165) is 16.7 Å². The molecule has 3 aliphatic rings. The van der Waals surface area contributed by atoms with E-state index in [4.69, 9.17) is 15.2 Å². The summed E-state index contributed by atoms with van der Waals surface area (Å²) < 4.78 is 11.1. The number of carboxylic acid groups (broad SMARTS) is 1. The number of aromatic carboxylic acids is 1. The summed E-state index contributed by atoms with van der Waals surface area (Å²) in [6, 6.07) is 10.7. The van der Waals surface area contributed by atoms with Gasteiger partial charge in [0.2, 0.25) is 11.8 Å². The van der Waals surface area contributed by atoms with Gasteiger partial charge in [0.15, 0.2) is 11.5 Å². The van der Waals surface area contributed by atoms with E-state index in [9.17, 15) is 24.3 Å². The number of hydrogen-bond donors (Lipinski definition) is 2. The Kier molecular flexibility index (Phi) is 4.89. The van der Waals surface area contributed by atoms with Crippen molar-refractivity contribution < 1.29 is 33.8 Å². The standard InChI is InChI=1S/C23H18N2O7S/c1-2-31-13-8-4-7-12-14-15-18(33-19(24)16(14)23(30)32-17(12)13)21(27)25(20(15)26)11-6-3-5-10(9-11)22(28)29/h3-9,14-15,18H,2,24H2,1H3,(H,28,29)/t14-,15+,18-/m1/s1. The van der Waals surface area contributed by atoms with Crippen LogP contribution in [0.25, 0.3) is 0 Å². The van der Waals surface area contributed by atoms with Crippen LogP contribution >= 0.6 is 11.8 Å². The first kappa shape index (κ1) is 21.1. The number of esters is 1. The number of fused-ring (bicyclic) bond motifs is 5. The number of anilines is 1. The lowest BCUT2D eigenvalue weighted by Gasteiger charge is -2.36. The van der Waals surface area contributed by atoms with Crippen LogP contribution in [0.15, 0.2) is 53.1 Å². The Balaban J connectivity index is 1.64. The Bertz CT molecular complexity index is 1270. The van der Waals surface area contributed by atoms with Gasteiger partial charge < -0.3 is 20.3 Å². The van der Waals surface area contributed by atoms with Crippen LogP contribution in [0.1, 0.15) is 28.8 Å². The molecule has 0 saturated carbocycles. The number of nitrogens with two attached hydrogens (primary N) is 1. The van der Waals surface area contributed by atoms with E-state index < -0.39 is 40.8 Å². The first-order chi connectivity index (χ1) is 15.8. The second kappa shape index (κ2) is 7.66. The predicted octanol–water partition coefficient (Wildman–Crippen LogP) is 2.26. The minimum Gasteiger partial charge on any atom is -0.490 e. The number of thioether (sulfide) groups is 1. The molecule has 2 amide bonds. The van der Waals surface area contributed by atoms with Crippen molar-refractivity contribution in [2.45, 2.75) is 18.1 Å². The molecule has 0 bridgehead atoms. The van der Waals surface area contributed by atoms with Crippen molar-refractivity contribution in [1.29, 1.82) is 0 Å². The first-order valence-electron chi connectivity index (χ1n) is 10.2. The van der Waals surface area contributed by atoms with E-state index in [1.54, 1.807) is 25.1 Å². The summed E-state index contributed by atoms with van der Waals surface area (Å²) in [4.78, 5) is 52.2. The predicted molar refractivity (Wildman–Crippen MR) is 118 cm³/mol. The van der Waals surface area contributed by atoms with Crippen molar-refractivity contribution >= 4 is 41.2 Å². The fourth-order valence-electron chi connectivity index (χ4n) is 4.55. The number of imide groups is 1. The topological polar surface area (TPSA) is 136 Å². The normalized spacial score (nSPS) is 23.6. The molecular formula is C23H18N2O7S. The smallest absolute Gasteiger partial charge is 0.342 e. The molecule has 0 aromatic heterocycles. The van der Waals surface area contributed by atoms with Crippen molar-refractivity contribution in [2.24, 2.45) is 11.7 Å². The molecule has 3 atom stereocenters. The van der Waals surface area contributed by atoms with Crippen molar-refractivity contribution in [3.8, 4) is 11.5 Å². The summed E-state index contributed by atoms with van der Waals surface area (Å²) >= 11 is 0.953. The van der Waals surface area contributed by atoms with Gasteiger partial charge in [-0.2, -0.15) is 0 Å². The van der Waals surface area contributed by atoms with E-state index in [2.05, 4.69) is 0 Å². The summed E-state index contributed by atoms with van der Waals surface area (Å²) in [5.74, 6) is -4.04. The number of hydrogen-bond acceptors (Lipinski definition) is 8. The SMILES string of the molecule is CCOc1cccc2c1OC(=O)C1=C(N)S[C@H]3C(=O)N(c4cccc(C(=O)O)c4)C(=O)[C@H]3[C@H]12. The molecule has 3 N–H and O–H groups in total. The maximum atomic E-state index is 13.6. The molecule has 3 heterocycles. The Morgan fingerprint density at radius 2 is 1.94 bits per heavy atom. The zero-order valence-corrected chi connectivity index (χ0v) is 18.1. The summed E-state index contributed by atoms with van der Waals surface area (Å²) in [5.41, 5.74) is 6.98. The minimum absolute atomic E-state index is 0.0538. The lowest BCUT2D eigenvalue weighted by Crippen LogP contribution is -2.39. The van der Waals surface area contributed by atoms with Crippen LogP contribution in [0, 0.1) is 5.92 Å². The highest BCUT2D eigenvalue weighted by Crippen LogP contribution is 2.56. The molecule has 1 saturated heterocycles. The summed E-state index contributed by atoms with van der Waals surface area (Å²) in [6.07, 6.45) is 0. The average Bonchev–Trinajstić information content (AvgIpc) is 3.04. The zero-order chi connectivity index (χ0) is 23.4. The molecule has 0 aliphatic carbocycles. The number of carbonyl (C=O) groups excluding carboxylic acids is 3. The maximum Gasteiger partial charge on any atom is 0.342 e. The number of nitrogens with zero attached hydrogens (tertiary/aromatic N) is 1. The van der Waals surface area contributed by atoms with Gasteiger partial charge in [0.05, 0.1) is 34.4 Å². The van der Waals surface area contributed by atoms with Gasteiger partial charge in [0.1, 0.15) is 5.25 Å². The number of carbonyl (C=O) groups is 4. The van der Waals surface area contributed by atoms with Crippen molar-refractivity contribution in [1.82, 2.24) is 0 Å². The number of ether oxygens (including phenoxy) is 2. The number of carboxylic acids is 1. The lowest BCUT2D eigenvalue weighted by molar-refractivity contribution is -0.132. The van der Waals surface area contributed by atoms with Gasteiger partial charge in [-0.15, -0.1) is 0 Å². The van der Waals surface area contributed by atoms with Crippen LogP contribution < -0.4 is 20.1 Å². The summed E-state index contributed by atoms with van der Waals surface area (Å²) in [5, 5.41) is 8.57. The molecule has 5 rings (SSSR count). The van der Waals surface area contributed by atoms with Gasteiger partial charge >= 0.3 is 11.9 Å². The Labute approximate surface area is 192 Å². The van der Waals surface area contributed by atoms with Crippen LogP contribution in [0.5, 0.6) is 11.5 Å². The third kappa shape index (κ3) is 3.09. The van der Waals surface area contributed by atoms with Gasteiger partial charge in [-0.25, -0.2) is 14.5 Å². The summed E-state index contributed by atoms with van der Waals surface area (Å²) in [6.45, 7) is 2.14. The fraction of sp³-hybridized carbons (Fsp3) is 0.217. The molecule has 2 aromatic rings. The third-order valence-electron chi connectivity index (χ3n) is 5.90. The molecule has 1 fully saturated rings. The van der Waals surface area contributed by atoms with Crippen molar-refractivity contribution in [3.05, 3.63) is 64.2 Å². The van der Waals surface area contributed by atoms with E-state index >= 15 is 0 Å². The number of rotatable bonds is 4. The van der Waals surface area contributed by atoms with Crippen LogP contribution in [0.2, 0.25) is 0 Å². The Morgan fingerprint density at radius 1 is 1.18 bits per heavy atom. The zero-order valence-electron chi connectivity index (χ0n) is 17.3. The first-order valence-corrected chi connectivity index (χ1v) is 11.1. The van der Waals surface area contributed by atoms with Gasteiger partial charge in [-0.3, -0.25) is 9.59 Å². The third-order valence-corrected chi connectivity index (χ3v) is 7.12. The number of para-hydroxylation sites is 1. The summed E-state index contributed by atoms with van der Waals surface area (Å²) in [7, 11) is 0. The second-order valence-electron chi connectivity index (χ2n) is 7.68. The van der Waals surface area contributed by atoms with E-state index in [0.29, 0.717) is 17.9 Å². The number of amides is 2. The van der Waals surface area contributed by atoms with E-state index in [-0.39, 0.29) is 27.6 Å². The quantitative estimate of drug-likeness (QED) is 0.395. The molecule has 168 valence electrons. The molecule has 3 aliphatic heterocycles. The van der Waals surface area contributed by atoms with Crippen LogP contribution in [-0.4, -0.2) is 40.7 Å². The molecule has 10 heteroatoms. The molecular weight excluding hydrogens is 448 g/mol. The van der Waals surface area contributed by atoms with Gasteiger partial charge in [0.25, 0.3) is 0 Å². The van der Waals surface area contributed by atoms with Crippen LogP contribution in [-0.2, 0) is 14.4 Å².